The molecule has 0 amide bonds. The Bertz CT molecular complexity index is 662. The van der Waals surface area contributed by atoms with Crippen LogP contribution in [0.1, 0.15) is 56.7 Å². The molecule has 0 radical (unpaired) electrons. The number of hydrogen-bond donors (Lipinski definition) is 1. The number of nitrogens with zero attached hydrogens (tertiary/aromatic N) is 5. The smallest absolute Gasteiger partial charge is 0.193 e. The molecule has 0 unspecified atom stereocenters. The zero-order valence-corrected chi connectivity index (χ0v) is 21.1. The van der Waals surface area contributed by atoms with E-state index in [9.17, 15) is 0 Å². The summed E-state index contributed by atoms with van der Waals surface area (Å²) in [7, 11) is 5.98. The van der Waals surface area contributed by atoms with Gasteiger partial charge in [0.05, 0.1) is 5.69 Å². The van der Waals surface area contributed by atoms with E-state index in [1.807, 2.05) is 18.8 Å². The molecule has 7 nitrogen and oxygen atoms in total. The Labute approximate surface area is 193 Å². The number of aryl methyl sites for hydroxylation is 1. The van der Waals surface area contributed by atoms with Gasteiger partial charge in [0.25, 0.3) is 0 Å². The van der Waals surface area contributed by atoms with Crippen LogP contribution in [0.25, 0.3) is 0 Å². The van der Waals surface area contributed by atoms with E-state index in [4.69, 9.17) is 4.74 Å². The van der Waals surface area contributed by atoms with Crippen molar-refractivity contribution >= 4 is 29.9 Å². The Kier molecular flexibility index (Phi) is 9.21. The number of guanidine groups is 1. The molecule has 2 aliphatic rings. The highest BCUT2D eigenvalue weighted by molar-refractivity contribution is 14.0. The van der Waals surface area contributed by atoms with Crippen LogP contribution in [0.3, 0.4) is 0 Å². The molecule has 0 bridgehead atoms. The molecule has 2 fully saturated rings. The second-order valence-electron chi connectivity index (χ2n) is 8.66. The normalized spacial score (nSPS) is 20.0. The van der Waals surface area contributed by atoms with Crippen LogP contribution < -0.4 is 5.32 Å². The van der Waals surface area contributed by atoms with Gasteiger partial charge in [-0.3, -0.25) is 14.6 Å². The largest absolute Gasteiger partial charge is 0.381 e. The van der Waals surface area contributed by atoms with Crippen molar-refractivity contribution in [3.8, 4) is 0 Å². The number of ether oxygens (including phenoxy) is 1. The van der Waals surface area contributed by atoms with Crippen LogP contribution in [0.4, 0.5) is 0 Å². The molecular weight excluding hydrogens is 479 g/mol. The van der Waals surface area contributed by atoms with E-state index < -0.39 is 0 Å². The van der Waals surface area contributed by atoms with Gasteiger partial charge in [0.15, 0.2) is 5.96 Å². The van der Waals surface area contributed by atoms with Crippen LogP contribution in [-0.4, -0.2) is 78.0 Å². The lowest BCUT2D eigenvalue weighted by Gasteiger charge is -2.45. The number of nitrogens with one attached hydrogen (secondary N) is 1. The molecule has 2 aliphatic heterocycles. The maximum atomic E-state index is 5.68. The minimum Gasteiger partial charge on any atom is -0.381 e. The molecule has 0 aliphatic carbocycles. The van der Waals surface area contributed by atoms with Crippen molar-refractivity contribution in [1.82, 2.24) is 24.9 Å². The number of aliphatic imine (C=N–C) groups is 1. The molecule has 0 saturated carbocycles. The summed E-state index contributed by atoms with van der Waals surface area (Å²) in [5, 5.41) is 8.32. The predicted molar refractivity (Wildman–Crippen MR) is 129 cm³/mol. The lowest BCUT2D eigenvalue weighted by atomic mass is 9.88. The van der Waals surface area contributed by atoms with Gasteiger partial charge in [-0.1, -0.05) is 13.8 Å². The molecule has 1 N–H and O–H groups in total. The van der Waals surface area contributed by atoms with Crippen molar-refractivity contribution in [3.05, 3.63) is 17.5 Å². The zero-order chi connectivity index (χ0) is 20.1. The summed E-state index contributed by atoms with van der Waals surface area (Å²) in [6.45, 7) is 10.3. The first kappa shape index (κ1) is 24.4. The first-order chi connectivity index (χ1) is 13.4. The van der Waals surface area contributed by atoms with Crippen LogP contribution in [0.5, 0.6) is 0 Å². The molecule has 0 spiro atoms. The highest BCUT2D eigenvalue weighted by Gasteiger charge is 2.39. The van der Waals surface area contributed by atoms with Crippen LogP contribution >= 0.6 is 24.0 Å². The summed E-state index contributed by atoms with van der Waals surface area (Å²) in [6, 6.07) is 0. The van der Waals surface area contributed by atoms with Crippen LogP contribution in [-0.2, 0) is 18.3 Å². The summed E-state index contributed by atoms with van der Waals surface area (Å²) in [5.74, 6) is 1.36. The highest BCUT2D eigenvalue weighted by Crippen LogP contribution is 2.30. The topological polar surface area (TPSA) is 57.9 Å². The van der Waals surface area contributed by atoms with Crippen molar-refractivity contribution in [2.24, 2.45) is 12.0 Å². The quantitative estimate of drug-likeness (QED) is 0.357. The number of aromatic nitrogens is 2. The molecule has 8 heteroatoms. The Hall–Kier alpha value is -0.870. The number of rotatable bonds is 6. The SMILES string of the molecule is CN=C(NCC1(N2CCCC2)CCOCC1)N(C)Cc1cn(C)nc1C(C)C.I. The van der Waals surface area contributed by atoms with E-state index in [-0.39, 0.29) is 29.5 Å². The van der Waals surface area contributed by atoms with E-state index in [0.29, 0.717) is 5.92 Å². The molecular formula is C21H39IN6O. The summed E-state index contributed by atoms with van der Waals surface area (Å²) < 4.78 is 7.59. The van der Waals surface area contributed by atoms with Crippen molar-refractivity contribution in [1.29, 1.82) is 0 Å². The predicted octanol–water partition coefficient (Wildman–Crippen LogP) is 2.81. The summed E-state index contributed by atoms with van der Waals surface area (Å²) >= 11 is 0. The van der Waals surface area contributed by atoms with Gasteiger partial charge in [-0.05, 0) is 44.7 Å². The van der Waals surface area contributed by atoms with Gasteiger partial charge >= 0.3 is 0 Å². The molecule has 3 heterocycles. The van der Waals surface area contributed by atoms with Crippen LogP contribution in [0, 0.1) is 0 Å². The van der Waals surface area contributed by atoms with E-state index in [0.717, 1.165) is 45.1 Å². The van der Waals surface area contributed by atoms with Gasteiger partial charge in [-0.2, -0.15) is 5.10 Å². The lowest BCUT2D eigenvalue weighted by molar-refractivity contribution is -0.0166. The summed E-state index contributed by atoms with van der Waals surface area (Å²) in [4.78, 5) is 9.46. The van der Waals surface area contributed by atoms with Gasteiger partial charge < -0.3 is 15.0 Å². The van der Waals surface area contributed by atoms with Gasteiger partial charge in [0, 0.05) is 64.7 Å². The fraction of sp³-hybridized carbons (Fsp3) is 0.810. The van der Waals surface area contributed by atoms with Crippen molar-refractivity contribution in [2.45, 2.75) is 57.5 Å². The molecule has 29 heavy (non-hydrogen) atoms. The second kappa shape index (κ2) is 10.9. The van der Waals surface area contributed by atoms with Crippen molar-refractivity contribution in [2.75, 3.05) is 46.9 Å². The first-order valence-electron chi connectivity index (χ1n) is 10.7. The van der Waals surface area contributed by atoms with Gasteiger partial charge in [0.2, 0.25) is 0 Å². The van der Waals surface area contributed by atoms with Gasteiger partial charge in [-0.15, -0.1) is 24.0 Å². The van der Waals surface area contributed by atoms with Crippen LogP contribution in [0.15, 0.2) is 11.2 Å². The van der Waals surface area contributed by atoms with Gasteiger partial charge in [-0.25, -0.2) is 0 Å². The molecule has 0 atom stereocenters. The van der Waals surface area contributed by atoms with Crippen molar-refractivity contribution < 1.29 is 4.74 Å². The fourth-order valence-electron chi connectivity index (χ4n) is 4.67. The molecule has 3 rings (SSSR count). The van der Waals surface area contributed by atoms with Crippen LogP contribution in [0.2, 0.25) is 0 Å². The van der Waals surface area contributed by atoms with E-state index in [1.54, 1.807) is 0 Å². The van der Waals surface area contributed by atoms with Gasteiger partial charge in [0.1, 0.15) is 0 Å². The molecule has 166 valence electrons. The average molecular weight is 518 g/mol. The zero-order valence-electron chi connectivity index (χ0n) is 18.8. The molecule has 0 aromatic carbocycles. The first-order valence-corrected chi connectivity index (χ1v) is 10.7. The monoisotopic (exact) mass is 518 g/mol. The highest BCUT2D eigenvalue weighted by atomic mass is 127. The second-order valence-corrected chi connectivity index (χ2v) is 8.66. The van der Waals surface area contributed by atoms with E-state index in [2.05, 4.69) is 52.3 Å². The summed E-state index contributed by atoms with van der Waals surface area (Å²) in [6.07, 6.45) is 6.96. The van der Waals surface area contributed by atoms with E-state index >= 15 is 0 Å². The average Bonchev–Trinajstić information content (AvgIpc) is 3.33. The number of likely N-dealkylation sites (tertiary alicyclic amines) is 1. The molecule has 1 aromatic heterocycles. The van der Waals surface area contributed by atoms with Crippen molar-refractivity contribution in [3.63, 3.8) is 0 Å². The standard InChI is InChI=1S/C21H38N6O.HI/c1-17(2)19-18(15-26(5)24-19)14-25(4)20(22-3)23-16-21(8-12-28-13-9-21)27-10-6-7-11-27;/h15,17H,6-14,16H2,1-5H3,(H,22,23);1H. The Morgan fingerprint density at radius 3 is 2.55 bits per heavy atom. The Morgan fingerprint density at radius 2 is 1.97 bits per heavy atom. The fourth-order valence-corrected chi connectivity index (χ4v) is 4.67. The third kappa shape index (κ3) is 5.85. The molecule has 2 saturated heterocycles. The Balaban J connectivity index is 0.00000300. The Morgan fingerprint density at radius 1 is 1.31 bits per heavy atom. The van der Waals surface area contributed by atoms with E-state index in [1.165, 1.54) is 37.2 Å². The minimum absolute atomic E-state index is 0. The summed E-state index contributed by atoms with van der Waals surface area (Å²) in [5.41, 5.74) is 2.63. The maximum Gasteiger partial charge on any atom is 0.193 e. The lowest BCUT2D eigenvalue weighted by Crippen LogP contribution is -2.58. The maximum absolute atomic E-state index is 5.68. The minimum atomic E-state index is 0. The molecule has 1 aromatic rings. The number of hydrogen-bond acceptors (Lipinski definition) is 4. The third-order valence-electron chi connectivity index (χ3n) is 6.24. The third-order valence-corrected chi connectivity index (χ3v) is 6.24. The number of halogens is 1.